The Morgan fingerprint density at radius 2 is 2.06 bits per heavy atom. The highest BCUT2D eigenvalue weighted by molar-refractivity contribution is 5.43. The van der Waals surface area contributed by atoms with E-state index in [1.165, 1.54) is 6.07 Å². The Balaban J connectivity index is 2.09. The lowest BCUT2D eigenvalue weighted by atomic mass is 10.1. The largest absolute Gasteiger partial charge is 0.489 e. The molecule has 1 saturated carbocycles. The molecular formula is C13H16F2O3. The molecule has 0 aromatic heterocycles. The van der Waals surface area contributed by atoms with Crippen LogP contribution < -0.4 is 9.47 Å². The maximum Gasteiger partial charge on any atom is 0.387 e. The molecule has 3 nitrogen and oxygen atoms in total. The average Bonchev–Trinajstić information content (AvgIpc) is 3.13. The van der Waals surface area contributed by atoms with Gasteiger partial charge < -0.3 is 14.6 Å². The van der Waals surface area contributed by atoms with Crippen LogP contribution in [-0.4, -0.2) is 24.9 Å². The minimum Gasteiger partial charge on any atom is -0.489 e. The molecule has 0 amide bonds. The van der Waals surface area contributed by atoms with E-state index in [1.54, 1.807) is 12.1 Å². The first kappa shape index (κ1) is 13.1. The van der Waals surface area contributed by atoms with Gasteiger partial charge in [0.2, 0.25) is 0 Å². The Kier molecular flexibility index (Phi) is 4.36. The molecule has 0 aliphatic heterocycles. The lowest BCUT2D eigenvalue weighted by molar-refractivity contribution is -0.0515. The van der Waals surface area contributed by atoms with Crippen molar-refractivity contribution >= 4 is 0 Å². The first-order chi connectivity index (χ1) is 8.69. The van der Waals surface area contributed by atoms with Gasteiger partial charge in [0.15, 0.2) is 11.5 Å². The van der Waals surface area contributed by atoms with Crippen LogP contribution in [0.5, 0.6) is 11.5 Å². The van der Waals surface area contributed by atoms with Crippen molar-refractivity contribution in [2.24, 2.45) is 5.92 Å². The summed E-state index contributed by atoms with van der Waals surface area (Å²) in [5.74, 6) is 0.909. The number of aliphatic hydroxyl groups excluding tert-OH is 1. The number of rotatable bonds is 7. The normalized spacial score (nSPS) is 14.9. The van der Waals surface area contributed by atoms with Crippen LogP contribution in [0.4, 0.5) is 8.78 Å². The van der Waals surface area contributed by atoms with Crippen LogP contribution in [-0.2, 0) is 6.42 Å². The predicted molar refractivity (Wildman–Crippen MR) is 62.1 cm³/mol. The Hall–Kier alpha value is -1.36. The van der Waals surface area contributed by atoms with Crippen molar-refractivity contribution in [1.82, 2.24) is 0 Å². The molecule has 0 spiro atoms. The van der Waals surface area contributed by atoms with Crippen LogP contribution in [0.1, 0.15) is 18.4 Å². The highest BCUT2D eigenvalue weighted by Crippen LogP contribution is 2.34. The number of hydrogen-bond donors (Lipinski definition) is 1. The van der Waals surface area contributed by atoms with E-state index >= 15 is 0 Å². The third kappa shape index (κ3) is 3.84. The summed E-state index contributed by atoms with van der Waals surface area (Å²) in [6, 6.07) is 4.76. The monoisotopic (exact) mass is 258 g/mol. The minimum absolute atomic E-state index is 0.0110. The van der Waals surface area contributed by atoms with Gasteiger partial charge in [0.25, 0.3) is 0 Å². The second-order valence-electron chi connectivity index (χ2n) is 4.39. The summed E-state index contributed by atoms with van der Waals surface area (Å²) in [6.07, 6.45) is 2.72. The third-order valence-corrected chi connectivity index (χ3v) is 2.80. The summed E-state index contributed by atoms with van der Waals surface area (Å²) in [6.45, 7) is -2.32. The number of aliphatic hydroxyl groups is 1. The maximum atomic E-state index is 12.2. The van der Waals surface area contributed by atoms with Gasteiger partial charge in [0, 0.05) is 6.61 Å². The predicted octanol–water partition coefficient (Wildman–Crippen LogP) is 2.61. The van der Waals surface area contributed by atoms with E-state index in [9.17, 15) is 8.78 Å². The van der Waals surface area contributed by atoms with Crippen LogP contribution in [0.3, 0.4) is 0 Å². The van der Waals surface area contributed by atoms with Gasteiger partial charge in [-0.25, -0.2) is 0 Å². The van der Waals surface area contributed by atoms with Crippen molar-refractivity contribution in [3.05, 3.63) is 23.8 Å². The summed E-state index contributed by atoms with van der Waals surface area (Å²) in [5, 5.41) is 8.86. The van der Waals surface area contributed by atoms with E-state index in [-0.39, 0.29) is 12.4 Å². The van der Waals surface area contributed by atoms with E-state index in [2.05, 4.69) is 4.74 Å². The number of benzene rings is 1. The molecular weight excluding hydrogens is 242 g/mol. The summed E-state index contributed by atoms with van der Waals surface area (Å²) < 4.78 is 34.4. The SMILES string of the molecule is OCCc1ccc(OC(F)F)c(OCC2CC2)c1. The summed E-state index contributed by atoms with van der Waals surface area (Å²) in [4.78, 5) is 0. The third-order valence-electron chi connectivity index (χ3n) is 2.80. The molecule has 1 aliphatic rings. The fourth-order valence-corrected chi connectivity index (χ4v) is 1.64. The zero-order valence-electron chi connectivity index (χ0n) is 9.94. The van der Waals surface area contributed by atoms with Crippen LogP contribution >= 0.6 is 0 Å². The number of halogens is 2. The summed E-state index contributed by atoms with van der Waals surface area (Å²) in [7, 11) is 0. The van der Waals surface area contributed by atoms with Gasteiger partial charge in [-0.2, -0.15) is 8.78 Å². The van der Waals surface area contributed by atoms with E-state index < -0.39 is 6.61 Å². The van der Waals surface area contributed by atoms with Crippen molar-refractivity contribution in [1.29, 1.82) is 0 Å². The van der Waals surface area contributed by atoms with Gasteiger partial charge in [-0.1, -0.05) is 6.07 Å². The van der Waals surface area contributed by atoms with Gasteiger partial charge in [0.05, 0.1) is 6.61 Å². The molecule has 0 radical (unpaired) electrons. The second kappa shape index (κ2) is 6.00. The summed E-state index contributed by atoms with van der Waals surface area (Å²) in [5.41, 5.74) is 0.838. The van der Waals surface area contributed by atoms with E-state index in [0.717, 1.165) is 18.4 Å². The minimum atomic E-state index is -2.86. The fraction of sp³-hybridized carbons (Fsp3) is 0.538. The van der Waals surface area contributed by atoms with Crippen molar-refractivity contribution in [2.45, 2.75) is 25.9 Å². The Morgan fingerprint density at radius 1 is 1.28 bits per heavy atom. The topological polar surface area (TPSA) is 38.7 Å². The van der Waals surface area contributed by atoms with Crippen LogP contribution in [0.15, 0.2) is 18.2 Å². The quantitative estimate of drug-likeness (QED) is 0.817. The van der Waals surface area contributed by atoms with Crippen molar-refractivity contribution in [2.75, 3.05) is 13.2 Å². The van der Waals surface area contributed by atoms with Crippen molar-refractivity contribution < 1.29 is 23.4 Å². The second-order valence-corrected chi connectivity index (χ2v) is 4.39. The van der Waals surface area contributed by atoms with Gasteiger partial charge in [-0.05, 0) is 42.9 Å². The molecule has 1 fully saturated rings. The standard InChI is InChI=1S/C13H16F2O3/c14-13(15)18-11-4-3-9(5-6-16)7-12(11)17-8-10-1-2-10/h3-4,7,10,13,16H,1-2,5-6,8H2. The Labute approximate surface area is 104 Å². The zero-order chi connectivity index (χ0) is 13.0. The van der Waals surface area contributed by atoms with Gasteiger partial charge in [-0.15, -0.1) is 0 Å². The lowest BCUT2D eigenvalue weighted by Crippen LogP contribution is -2.06. The highest BCUT2D eigenvalue weighted by atomic mass is 19.3. The number of alkyl halides is 2. The zero-order valence-corrected chi connectivity index (χ0v) is 9.94. The molecule has 5 heteroatoms. The molecule has 0 heterocycles. The van der Waals surface area contributed by atoms with E-state index in [1.807, 2.05) is 0 Å². The molecule has 0 bridgehead atoms. The van der Waals surface area contributed by atoms with E-state index in [4.69, 9.17) is 9.84 Å². The lowest BCUT2D eigenvalue weighted by Gasteiger charge is -2.13. The smallest absolute Gasteiger partial charge is 0.387 e. The highest BCUT2D eigenvalue weighted by Gasteiger charge is 2.23. The van der Waals surface area contributed by atoms with E-state index in [0.29, 0.717) is 24.7 Å². The molecule has 0 atom stereocenters. The molecule has 1 aromatic carbocycles. The van der Waals surface area contributed by atoms with Crippen molar-refractivity contribution in [3.8, 4) is 11.5 Å². The Morgan fingerprint density at radius 3 is 2.67 bits per heavy atom. The fourth-order valence-electron chi connectivity index (χ4n) is 1.64. The molecule has 1 aromatic rings. The molecule has 0 saturated heterocycles. The molecule has 2 rings (SSSR count). The van der Waals surface area contributed by atoms with Gasteiger partial charge >= 0.3 is 6.61 Å². The maximum absolute atomic E-state index is 12.2. The molecule has 1 N–H and O–H groups in total. The van der Waals surface area contributed by atoms with Crippen LogP contribution in [0.2, 0.25) is 0 Å². The van der Waals surface area contributed by atoms with Gasteiger partial charge in [0.1, 0.15) is 0 Å². The molecule has 100 valence electrons. The number of hydrogen-bond acceptors (Lipinski definition) is 3. The van der Waals surface area contributed by atoms with Crippen LogP contribution in [0.25, 0.3) is 0 Å². The van der Waals surface area contributed by atoms with Gasteiger partial charge in [-0.3, -0.25) is 0 Å². The number of ether oxygens (including phenoxy) is 2. The first-order valence-corrected chi connectivity index (χ1v) is 6.00. The summed E-state index contributed by atoms with van der Waals surface area (Å²) >= 11 is 0. The van der Waals surface area contributed by atoms with Crippen LogP contribution in [0, 0.1) is 5.92 Å². The molecule has 1 aliphatic carbocycles. The molecule has 18 heavy (non-hydrogen) atoms. The average molecular weight is 258 g/mol. The first-order valence-electron chi connectivity index (χ1n) is 6.00. The Bertz CT molecular complexity index is 392. The molecule has 0 unspecified atom stereocenters. The van der Waals surface area contributed by atoms with Crippen molar-refractivity contribution in [3.63, 3.8) is 0 Å².